The molecule has 1 heteroatoms. The Bertz CT molecular complexity index is 307. The van der Waals surface area contributed by atoms with Gasteiger partial charge in [0.05, 0.1) is 0 Å². The first-order chi connectivity index (χ1) is 7.83. The summed E-state index contributed by atoms with van der Waals surface area (Å²) in [6.07, 6.45) is 7.02. The van der Waals surface area contributed by atoms with E-state index in [1.165, 1.54) is 37.7 Å². The van der Waals surface area contributed by atoms with E-state index in [9.17, 15) is 0 Å². The van der Waals surface area contributed by atoms with Crippen molar-refractivity contribution in [3.05, 3.63) is 35.4 Å². The quantitative estimate of drug-likeness (QED) is 0.662. The maximum atomic E-state index is 3.50. The first-order valence-electron chi connectivity index (χ1n) is 6.48. The molecule has 1 aliphatic rings. The van der Waals surface area contributed by atoms with Crippen molar-refractivity contribution in [2.24, 2.45) is 5.92 Å². The van der Waals surface area contributed by atoms with Crippen molar-refractivity contribution < 1.29 is 0 Å². The van der Waals surface area contributed by atoms with Crippen LogP contribution in [0.5, 0.6) is 0 Å². The lowest BCUT2D eigenvalue weighted by Gasteiger charge is -2.28. The molecule has 2 rings (SSSR count). The molecule has 0 aromatic heterocycles. The van der Waals surface area contributed by atoms with Crippen molar-refractivity contribution in [1.29, 1.82) is 0 Å². The first-order valence-corrected chi connectivity index (χ1v) is 7.60. The lowest BCUT2D eigenvalue weighted by molar-refractivity contribution is 0.319. The third kappa shape index (κ3) is 2.88. The van der Waals surface area contributed by atoms with Gasteiger partial charge in [0.2, 0.25) is 0 Å². The Labute approximate surface area is 108 Å². The molecule has 0 spiro atoms. The first kappa shape index (κ1) is 12.2. The fourth-order valence-electron chi connectivity index (χ4n) is 2.78. The monoisotopic (exact) mass is 280 g/mol. The highest BCUT2D eigenvalue weighted by Crippen LogP contribution is 2.36. The van der Waals surface area contributed by atoms with Gasteiger partial charge in [0.25, 0.3) is 0 Å². The van der Waals surface area contributed by atoms with E-state index >= 15 is 0 Å². The zero-order chi connectivity index (χ0) is 11.4. The Morgan fingerprint density at radius 1 is 1.06 bits per heavy atom. The molecule has 88 valence electrons. The van der Waals surface area contributed by atoms with E-state index in [-0.39, 0.29) is 0 Å². The Kier molecular flexibility index (Phi) is 4.45. The van der Waals surface area contributed by atoms with Gasteiger partial charge in [-0.05, 0) is 48.6 Å². The summed E-state index contributed by atoms with van der Waals surface area (Å²) in [4.78, 5) is 0. The molecule has 0 saturated heterocycles. The van der Waals surface area contributed by atoms with E-state index in [1.807, 2.05) is 0 Å². The maximum Gasteiger partial charge on any atom is 0.0283 e. The standard InChI is InChI=1S/C15H21Br/c1-2-12-3-7-14(8-4-12)15-9-5-13(11-16)6-10-15/h5-6,9-10,12,14H,2-4,7-8,11H2,1H3. The molecule has 1 fully saturated rings. The van der Waals surface area contributed by atoms with E-state index in [0.717, 1.165) is 17.2 Å². The normalized spacial score (nSPS) is 25.6. The Hall–Kier alpha value is -0.300. The van der Waals surface area contributed by atoms with Crippen molar-refractivity contribution in [2.45, 2.75) is 50.3 Å². The van der Waals surface area contributed by atoms with Gasteiger partial charge in [-0.2, -0.15) is 0 Å². The summed E-state index contributed by atoms with van der Waals surface area (Å²) in [6.45, 7) is 2.33. The minimum absolute atomic E-state index is 0.826. The van der Waals surface area contributed by atoms with Crippen LogP contribution in [0.1, 0.15) is 56.1 Å². The zero-order valence-electron chi connectivity index (χ0n) is 10.1. The van der Waals surface area contributed by atoms with Gasteiger partial charge in [0, 0.05) is 5.33 Å². The molecule has 0 heterocycles. The second-order valence-electron chi connectivity index (χ2n) is 5.00. The molecule has 0 aliphatic heterocycles. The topological polar surface area (TPSA) is 0 Å². The highest BCUT2D eigenvalue weighted by Gasteiger charge is 2.20. The van der Waals surface area contributed by atoms with Gasteiger partial charge in [-0.15, -0.1) is 0 Å². The lowest BCUT2D eigenvalue weighted by Crippen LogP contribution is -2.12. The molecule has 1 aliphatic carbocycles. The van der Waals surface area contributed by atoms with Crippen molar-refractivity contribution in [2.75, 3.05) is 0 Å². The van der Waals surface area contributed by atoms with Crippen LogP contribution in [-0.2, 0) is 5.33 Å². The molecule has 0 amide bonds. The van der Waals surface area contributed by atoms with E-state index in [0.29, 0.717) is 0 Å². The zero-order valence-corrected chi connectivity index (χ0v) is 11.7. The van der Waals surface area contributed by atoms with Gasteiger partial charge in [-0.1, -0.05) is 53.5 Å². The van der Waals surface area contributed by atoms with Gasteiger partial charge in [-0.3, -0.25) is 0 Å². The van der Waals surface area contributed by atoms with Crippen LogP contribution >= 0.6 is 15.9 Å². The fourth-order valence-corrected chi connectivity index (χ4v) is 3.16. The van der Waals surface area contributed by atoms with E-state index in [2.05, 4.69) is 47.1 Å². The van der Waals surface area contributed by atoms with Gasteiger partial charge in [-0.25, -0.2) is 0 Å². The van der Waals surface area contributed by atoms with Crippen LogP contribution in [0.4, 0.5) is 0 Å². The van der Waals surface area contributed by atoms with Crippen molar-refractivity contribution in [1.82, 2.24) is 0 Å². The molecule has 0 nitrogen and oxygen atoms in total. The maximum absolute atomic E-state index is 3.50. The number of halogens is 1. The second-order valence-corrected chi connectivity index (χ2v) is 5.56. The summed E-state index contributed by atoms with van der Waals surface area (Å²) in [7, 11) is 0. The predicted octanol–water partition coefficient (Wildman–Crippen LogP) is 5.27. The molecular weight excluding hydrogens is 260 g/mol. The molecular formula is C15H21Br. The molecule has 1 aromatic carbocycles. The average Bonchev–Trinajstić information content (AvgIpc) is 2.39. The summed E-state index contributed by atoms with van der Waals surface area (Å²) in [5.74, 6) is 1.82. The second kappa shape index (κ2) is 5.86. The summed E-state index contributed by atoms with van der Waals surface area (Å²) in [5, 5.41) is 0.968. The number of rotatable bonds is 3. The minimum Gasteiger partial charge on any atom is -0.0876 e. The summed E-state index contributed by atoms with van der Waals surface area (Å²) < 4.78 is 0. The highest BCUT2D eigenvalue weighted by atomic mass is 79.9. The number of alkyl halides is 1. The van der Waals surface area contributed by atoms with Gasteiger partial charge in [0.15, 0.2) is 0 Å². The molecule has 0 unspecified atom stereocenters. The third-order valence-corrected chi connectivity index (χ3v) is 4.68. The van der Waals surface area contributed by atoms with Gasteiger partial charge in [0.1, 0.15) is 0 Å². The summed E-state index contributed by atoms with van der Waals surface area (Å²) in [5.41, 5.74) is 2.94. The van der Waals surface area contributed by atoms with Crippen molar-refractivity contribution in [3.8, 4) is 0 Å². The Balaban J connectivity index is 1.97. The smallest absolute Gasteiger partial charge is 0.0283 e. The van der Waals surface area contributed by atoms with Crippen LogP contribution in [-0.4, -0.2) is 0 Å². The van der Waals surface area contributed by atoms with E-state index < -0.39 is 0 Å². The van der Waals surface area contributed by atoms with Crippen LogP contribution in [0.2, 0.25) is 0 Å². The van der Waals surface area contributed by atoms with E-state index in [1.54, 1.807) is 5.56 Å². The average molecular weight is 281 g/mol. The van der Waals surface area contributed by atoms with Crippen LogP contribution in [0.15, 0.2) is 24.3 Å². The Morgan fingerprint density at radius 3 is 2.19 bits per heavy atom. The molecule has 0 bridgehead atoms. The SMILES string of the molecule is CCC1CCC(c2ccc(CBr)cc2)CC1. The predicted molar refractivity (Wildman–Crippen MR) is 74.1 cm³/mol. The van der Waals surface area contributed by atoms with Crippen LogP contribution in [0.25, 0.3) is 0 Å². The van der Waals surface area contributed by atoms with Gasteiger partial charge >= 0.3 is 0 Å². The van der Waals surface area contributed by atoms with Crippen LogP contribution in [0.3, 0.4) is 0 Å². The molecule has 1 aromatic rings. The van der Waals surface area contributed by atoms with Crippen LogP contribution < -0.4 is 0 Å². The molecule has 0 atom stereocenters. The number of hydrogen-bond acceptors (Lipinski definition) is 0. The largest absolute Gasteiger partial charge is 0.0876 e. The lowest BCUT2D eigenvalue weighted by atomic mass is 9.78. The molecule has 1 saturated carbocycles. The fraction of sp³-hybridized carbons (Fsp3) is 0.600. The Morgan fingerprint density at radius 2 is 1.69 bits per heavy atom. The summed E-state index contributed by atoms with van der Waals surface area (Å²) in [6, 6.07) is 9.17. The molecule has 0 radical (unpaired) electrons. The minimum atomic E-state index is 0.826. The third-order valence-electron chi connectivity index (χ3n) is 4.03. The van der Waals surface area contributed by atoms with Crippen LogP contribution in [0, 0.1) is 5.92 Å². The molecule has 0 N–H and O–H groups in total. The molecule has 16 heavy (non-hydrogen) atoms. The highest BCUT2D eigenvalue weighted by molar-refractivity contribution is 9.08. The number of hydrogen-bond donors (Lipinski definition) is 0. The van der Waals surface area contributed by atoms with Gasteiger partial charge < -0.3 is 0 Å². The van der Waals surface area contributed by atoms with Crippen molar-refractivity contribution >= 4 is 15.9 Å². The van der Waals surface area contributed by atoms with E-state index in [4.69, 9.17) is 0 Å². The van der Waals surface area contributed by atoms with Crippen molar-refractivity contribution in [3.63, 3.8) is 0 Å². The summed E-state index contributed by atoms with van der Waals surface area (Å²) >= 11 is 3.50. The number of benzene rings is 1.